The number of fused-ring (bicyclic) bond motifs is 1. The van der Waals surface area contributed by atoms with E-state index in [-0.39, 0.29) is 5.97 Å². The highest BCUT2D eigenvalue weighted by Crippen LogP contribution is 2.28. The summed E-state index contributed by atoms with van der Waals surface area (Å²) in [5, 5.41) is 0.973. The van der Waals surface area contributed by atoms with Crippen LogP contribution in [0, 0.1) is 0 Å². The molecule has 2 aromatic heterocycles. The summed E-state index contributed by atoms with van der Waals surface area (Å²) >= 11 is 6.36. The smallest absolute Gasteiger partial charge is 0.348 e. The Morgan fingerprint density at radius 2 is 2.05 bits per heavy atom. The maximum Gasteiger partial charge on any atom is 0.348 e. The third-order valence-corrected chi connectivity index (χ3v) is 5.41. The fourth-order valence-electron chi connectivity index (χ4n) is 1.80. The summed E-state index contributed by atoms with van der Waals surface area (Å²) in [6, 6.07) is 11.3. The predicted molar refractivity (Wildman–Crippen MR) is 87.4 cm³/mol. The number of thiophene rings is 2. The van der Waals surface area contributed by atoms with Crippen molar-refractivity contribution in [1.82, 2.24) is 0 Å². The standard InChI is InChI=1S/C14H10BrNO2S2/c15-13-4-2-10(19-13)7-18-14(17)12-6-8-5-9(16)1-3-11(8)20-12/h1-6H,7,16H2. The molecule has 2 N–H and O–H groups in total. The zero-order valence-electron chi connectivity index (χ0n) is 10.3. The van der Waals surface area contributed by atoms with Crippen molar-refractivity contribution in [2.24, 2.45) is 0 Å². The van der Waals surface area contributed by atoms with Crippen LogP contribution in [-0.4, -0.2) is 5.97 Å². The van der Waals surface area contributed by atoms with Crippen LogP contribution in [0.15, 0.2) is 40.2 Å². The van der Waals surface area contributed by atoms with Gasteiger partial charge in [0.2, 0.25) is 0 Å². The van der Waals surface area contributed by atoms with Crippen LogP contribution in [-0.2, 0) is 11.3 Å². The average molecular weight is 368 g/mol. The van der Waals surface area contributed by atoms with E-state index in [0.717, 1.165) is 18.7 Å². The Kier molecular flexibility index (Phi) is 3.78. The van der Waals surface area contributed by atoms with Crippen LogP contribution in [0.5, 0.6) is 0 Å². The van der Waals surface area contributed by atoms with Gasteiger partial charge in [-0.2, -0.15) is 0 Å². The Hall–Kier alpha value is -1.37. The Labute approximate surface area is 132 Å². The summed E-state index contributed by atoms with van der Waals surface area (Å²) in [5.41, 5.74) is 6.42. The number of esters is 1. The molecule has 20 heavy (non-hydrogen) atoms. The molecule has 6 heteroatoms. The molecule has 0 saturated carbocycles. The first-order valence-corrected chi connectivity index (χ1v) is 8.25. The van der Waals surface area contributed by atoms with Crippen LogP contribution in [0.25, 0.3) is 10.1 Å². The van der Waals surface area contributed by atoms with Crippen molar-refractivity contribution in [3.05, 3.63) is 49.9 Å². The van der Waals surface area contributed by atoms with Crippen molar-refractivity contribution >= 4 is 60.3 Å². The van der Waals surface area contributed by atoms with Gasteiger partial charge in [0.25, 0.3) is 0 Å². The van der Waals surface area contributed by atoms with E-state index in [4.69, 9.17) is 10.5 Å². The van der Waals surface area contributed by atoms with Crippen molar-refractivity contribution < 1.29 is 9.53 Å². The first-order chi connectivity index (χ1) is 9.61. The number of anilines is 1. The molecule has 3 nitrogen and oxygen atoms in total. The molecule has 0 aliphatic heterocycles. The molecular formula is C14H10BrNO2S2. The van der Waals surface area contributed by atoms with Gasteiger partial charge in [-0.25, -0.2) is 4.79 Å². The van der Waals surface area contributed by atoms with E-state index in [2.05, 4.69) is 15.9 Å². The topological polar surface area (TPSA) is 52.3 Å². The zero-order chi connectivity index (χ0) is 14.1. The van der Waals surface area contributed by atoms with E-state index in [1.54, 1.807) is 11.3 Å². The van der Waals surface area contributed by atoms with Crippen molar-refractivity contribution in [3.8, 4) is 0 Å². The summed E-state index contributed by atoms with van der Waals surface area (Å²) in [4.78, 5) is 13.6. The lowest BCUT2D eigenvalue weighted by Gasteiger charge is -2.00. The van der Waals surface area contributed by atoms with E-state index in [0.29, 0.717) is 17.2 Å². The van der Waals surface area contributed by atoms with Gasteiger partial charge >= 0.3 is 5.97 Å². The van der Waals surface area contributed by atoms with E-state index >= 15 is 0 Å². The molecule has 0 unspecified atom stereocenters. The van der Waals surface area contributed by atoms with Crippen LogP contribution in [0.2, 0.25) is 0 Å². The van der Waals surface area contributed by atoms with Gasteiger partial charge in [0, 0.05) is 15.3 Å². The largest absolute Gasteiger partial charge is 0.456 e. The number of carbonyl (C=O) groups is 1. The third kappa shape index (κ3) is 2.87. The number of hydrogen-bond acceptors (Lipinski definition) is 5. The molecule has 3 rings (SSSR count). The molecule has 1 aromatic carbocycles. The van der Waals surface area contributed by atoms with Crippen molar-refractivity contribution in [2.45, 2.75) is 6.61 Å². The summed E-state index contributed by atoms with van der Waals surface area (Å²) in [6.45, 7) is 0.297. The van der Waals surface area contributed by atoms with Crippen LogP contribution in [0.1, 0.15) is 14.5 Å². The summed E-state index contributed by atoms with van der Waals surface area (Å²) in [6.07, 6.45) is 0. The Bertz CT molecular complexity index is 778. The summed E-state index contributed by atoms with van der Waals surface area (Å²) in [7, 11) is 0. The van der Waals surface area contributed by atoms with Gasteiger partial charge in [0.1, 0.15) is 11.5 Å². The van der Waals surface area contributed by atoms with Gasteiger partial charge in [-0.05, 0) is 57.7 Å². The molecule has 0 amide bonds. The van der Waals surface area contributed by atoms with E-state index in [9.17, 15) is 4.79 Å². The van der Waals surface area contributed by atoms with Crippen LogP contribution in [0.3, 0.4) is 0 Å². The number of halogens is 1. The van der Waals surface area contributed by atoms with Crippen molar-refractivity contribution in [2.75, 3.05) is 5.73 Å². The van der Waals surface area contributed by atoms with Gasteiger partial charge < -0.3 is 10.5 Å². The minimum absolute atomic E-state index is 0.297. The third-order valence-electron chi connectivity index (χ3n) is 2.72. The number of ether oxygens (including phenoxy) is 1. The average Bonchev–Trinajstić information content (AvgIpc) is 3.01. The minimum atomic E-state index is -0.297. The maximum absolute atomic E-state index is 12.0. The SMILES string of the molecule is Nc1ccc2sc(C(=O)OCc3ccc(Br)s3)cc2c1. The lowest BCUT2D eigenvalue weighted by Crippen LogP contribution is -2.01. The van der Waals surface area contributed by atoms with Crippen molar-refractivity contribution in [3.63, 3.8) is 0 Å². The second-order valence-electron chi connectivity index (χ2n) is 4.19. The lowest BCUT2D eigenvalue weighted by atomic mass is 10.2. The molecule has 3 aromatic rings. The Balaban J connectivity index is 1.75. The van der Waals surface area contributed by atoms with E-state index in [1.807, 2.05) is 36.4 Å². The highest BCUT2D eigenvalue weighted by atomic mass is 79.9. The van der Waals surface area contributed by atoms with E-state index in [1.165, 1.54) is 11.3 Å². The monoisotopic (exact) mass is 367 g/mol. The zero-order valence-corrected chi connectivity index (χ0v) is 13.5. The number of nitrogens with two attached hydrogens (primary N) is 1. The molecule has 0 aliphatic carbocycles. The number of carbonyl (C=O) groups excluding carboxylic acids is 1. The fraction of sp³-hybridized carbons (Fsp3) is 0.0714. The van der Waals surface area contributed by atoms with Gasteiger partial charge in [-0.15, -0.1) is 22.7 Å². The predicted octanol–water partition coefficient (Wildman–Crippen LogP) is 4.66. The molecule has 2 heterocycles. The molecule has 0 aliphatic rings. The molecule has 0 spiro atoms. The van der Waals surface area contributed by atoms with Crippen molar-refractivity contribution in [1.29, 1.82) is 0 Å². The fourth-order valence-corrected chi connectivity index (χ4v) is 4.13. The second kappa shape index (κ2) is 5.55. The van der Waals surface area contributed by atoms with Gasteiger partial charge in [-0.3, -0.25) is 0 Å². The number of hydrogen-bond donors (Lipinski definition) is 1. The minimum Gasteiger partial charge on any atom is -0.456 e. The molecule has 0 radical (unpaired) electrons. The molecule has 0 atom stereocenters. The van der Waals surface area contributed by atoms with E-state index < -0.39 is 0 Å². The maximum atomic E-state index is 12.0. The normalized spacial score (nSPS) is 10.8. The van der Waals surface area contributed by atoms with Gasteiger partial charge in [0.15, 0.2) is 0 Å². The number of nitrogen functional groups attached to an aromatic ring is 1. The van der Waals surface area contributed by atoms with Crippen LogP contribution in [0.4, 0.5) is 5.69 Å². The summed E-state index contributed by atoms with van der Waals surface area (Å²) < 4.78 is 7.38. The van der Waals surface area contributed by atoms with Crippen LogP contribution >= 0.6 is 38.6 Å². The molecular weight excluding hydrogens is 358 g/mol. The summed E-state index contributed by atoms with van der Waals surface area (Å²) in [5.74, 6) is -0.297. The second-order valence-corrected chi connectivity index (χ2v) is 7.82. The highest BCUT2D eigenvalue weighted by Gasteiger charge is 2.12. The number of benzene rings is 1. The Morgan fingerprint density at radius 1 is 1.20 bits per heavy atom. The quantitative estimate of drug-likeness (QED) is 0.540. The lowest BCUT2D eigenvalue weighted by molar-refractivity contribution is 0.0483. The molecule has 102 valence electrons. The first kappa shape index (κ1) is 13.6. The Morgan fingerprint density at radius 3 is 2.80 bits per heavy atom. The first-order valence-electron chi connectivity index (χ1n) is 5.82. The molecule has 0 bridgehead atoms. The molecule has 0 saturated heterocycles. The molecule has 0 fully saturated rings. The van der Waals surface area contributed by atoms with Gasteiger partial charge in [0.05, 0.1) is 3.79 Å². The number of rotatable bonds is 3. The van der Waals surface area contributed by atoms with Gasteiger partial charge in [-0.1, -0.05) is 0 Å². The highest BCUT2D eigenvalue weighted by molar-refractivity contribution is 9.11. The van der Waals surface area contributed by atoms with Crippen LogP contribution < -0.4 is 5.73 Å².